The SMILES string of the molecule is O=C(CSc1nnc(NC(=O)C2(c3cccs3)CCCC2)s1)Nc1cccc(F)c1. The molecule has 0 radical (unpaired) electrons. The number of anilines is 2. The molecule has 2 aromatic heterocycles. The van der Waals surface area contributed by atoms with Crippen molar-refractivity contribution in [2.24, 2.45) is 0 Å². The number of nitrogens with zero attached hydrogens (tertiary/aromatic N) is 2. The second kappa shape index (κ2) is 9.23. The standard InChI is InChI=1S/C20H19FN4O2S3/c21-13-5-3-6-14(11-13)22-16(26)12-29-19-25-24-18(30-19)23-17(27)20(8-1-2-9-20)15-7-4-10-28-15/h3-7,10-11H,1-2,8-9,12H2,(H,22,26)(H,23,24,27). The molecule has 1 fully saturated rings. The zero-order valence-electron chi connectivity index (χ0n) is 15.9. The smallest absolute Gasteiger partial charge is 0.237 e. The van der Waals surface area contributed by atoms with Gasteiger partial charge in [-0.3, -0.25) is 14.9 Å². The third kappa shape index (κ3) is 4.71. The summed E-state index contributed by atoms with van der Waals surface area (Å²) in [5, 5.41) is 16.1. The highest BCUT2D eigenvalue weighted by molar-refractivity contribution is 8.01. The van der Waals surface area contributed by atoms with Gasteiger partial charge in [-0.2, -0.15) is 0 Å². The predicted octanol–water partition coefficient (Wildman–Crippen LogP) is 4.92. The predicted molar refractivity (Wildman–Crippen MR) is 119 cm³/mol. The molecule has 6 nitrogen and oxygen atoms in total. The van der Waals surface area contributed by atoms with Crippen molar-refractivity contribution in [3.8, 4) is 0 Å². The number of nitrogens with one attached hydrogen (secondary N) is 2. The van der Waals surface area contributed by atoms with Crippen molar-refractivity contribution in [1.82, 2.24) is 10.2 Å². The lowest BCUT2D eigenvalue weighted by Gasteiger charge is -2.25. The maximum atomic E-state index is 13.2. The van der Waals surface area contributed by atoms with Gasteiger partial charge in [0.15, 0.2) is 4.34 Å². The number of carbonyl (C=O) groups excluding carboxylic acids is 2. The van der Waals surface area contributed by atoms with Gasteiger partial charge < -0.3 is 5.32 Å². The van der Waals surface area contributed by atoms with Gasteiger partial charge in [0.1, 0.15) is 5.82 Å². The molecular weight excluding hydrogens is 443 g/mol. The molecule has 1 aliphatic rings. The monoisotopic (exact) mass is 462 g/mol. The quantitative estimate of drug-likeness (QED) is 0.385. The van der Waals surface area contributed by atoms with E-state index in [2.05, 4.69) is 20.8 Å². The maximum absolute atomic E-state index is 13.2. The van der Waals surface area contributed by atoms with Crippen LogP contribution in [0, 0.1) is 5.82 Å². The van der Waals surface area contributed by atoms with Gasteiger partial charge in [0.25, 0.3) is 0 Å². The second-order valence-electron chi connectivity index (χ2n) is 6.94. The van der Waals surface area contributed by atoms with E-state index in [9.17, 15) is 14.0 Å². The summed E-state index contributed by atoms with van der Waals surface area (Å²) in [4.78, 5) is 26.2. The molecule has 0 bridgehead atoms. The molecule has 0 spiro atoms. The number of amides is 2. The topological polar surface area (TPSA) is 84.0 Å². The Balaban J connectivity index is 1.34. The highest BCUT2D eigenvalue weighted by Gasteiger charge is 2.43. The molecule has 10 heteroatoms. The van der Waals surface area contributed by atoms with E-state index < -0.39 is 11.2 Å². The van der Waals surface area contributed by atoms with Crippen LogP contribution < -0.4 is 10.6 Å². The summed E-state index contributed by atoms with van der Waals surface area (Å²) in [5.74, 6) is -0.612. The molecular formula is C20H19FN4O2S3. The van der Waals surface area contributed by atoms with Crippen molar-refractivity contribution >= 4 is 57.1 Å². The molecule has 2 N–H and O–H groups in total. The van der Waals surface area contributed by atoms with E-state index in [0.717, 1.165) is 30.6 Å². The van der Waals surface area contributed by atoms with Gasteiger partial charge in [-0.1, -0.05) is 48.1 Å². The minimum Gasteiger partial charge on any atom is -0.325 e. The number of rotatable bonds is 7. The Labute approximate surface area is 185 Å². The van der Waals surface area contributed by atoms with Gasteiger partial charge >= 0.3 is 0 Å². The van der Waals surface area contributed by atoms with E-state index in [1.54, 1.807) is 17.4 Å². The highest BCUT2D eigenvalue weighted by atomic mass is 32.2. The lowest BCUT2D eigenvalue weighted by molar-refractivity contribution is -0.121. The van der Waals surface area contributed by atoms with Gasteiger partial charge in [-0.15, -0.1) is 21.5 Å². The van der Waals surface area contributed by atoms with Crippen molar-refractivity contribution in [3.05, 3.63) is 52.5 Å². The van der Waals surface area contributed by atoms with Crippen LogP contribution in [0.3, 0.4) is 0 Å². The fourth-order valence-corrected chi connectivity index (χ4v) is 6.07. The van der Waals surface area contributed by atoms with E-state index in [1.807, 2.05) is 17.5 Å². The van der Waals surface area contributed by atoms with Crippen LogP contribution in [0.25, 0.3) is 0 Å². The number of halogens is 1. The molecule has 2 heterocycles. The lowest BCUT2D eigenvalue weighted by atomic mass is 9.83. The summed E-state index contributed by atoms with van der Waals surface area (Å²) >= 11 is 4.07. The first-order chi connectivity index (χ1) is 14.5. The first-order valence-corrected chi connectivity index (χ1v) is 12.1. The van der Waals surface area contributed by atoms with Crippen molar-refractivity contribution in [1.29, 1.82) is 0 Å². The van der Waals surface area contributed by atoms with Crippen LogP contribution in [0.15, 0.2) is 46.1 Å². The van der Waals surface area contributed by atoms with E-state index in [-0.39, 0.29) is 17.6 Å². The molecule has 0 unspecified atom stereocenters. The average molecular weight is 463 g/mol. The first-order valence-electron chi connectivity index (χ1n) is 9.42. The Morgan fingerprint density at radius 2 is 1.97 bits per heavy atom. The third-order valence-electron chi connectivity index (χ3n) is 4.95. The van der Waals surface area contributed by atoms with Gasteiger partial charge in [0.2, 0.25) is 16.9 Å². The summed E-state index contributed by atoms with van der Waals surface area (Å²) in [6.07, 6.45) is 3.73. The maximum Gasteiger partial charge on any atom is 0.237 e. The molecule has 156 valence electrons. The molecule has 1 aliphatic carbocycles. The van der Waals surface area contributed by atoms with Crippen LogP contribution in [0.4, 0.5) is 15.2 Å². The Bertz CT molecular complexity index is 1030. The van der Waals surface area contributed by atoms with Crippen LogP contribution in [-0.4, -0.2) is 27.8 Å². The number of thiophene rings is 1. The molecule has 0 atom stereocenters. The first kappa shape index (κ1) is 21.0. The Hall–Kier alpha value is -2.30. The number of carbonyl (C=O) groups is 2. The van der Waals surface area contributed by atoms with Crippen LogP contribution in [-0.2, 0) is 15.0 Å². The summed E-state index contributed by atoms with van der Waals surface area (Å²) < 4.78 is 13.8. The van der Waals surface area contributed by atoms with E-state index >= 15 is 0 Å². The van der Waals surface area contributed by atoms with Crippen molar-refractivity contribution in [2.75, 3.05) is 16.4 Å². The molecule has 30 heavy (non-hydrogen) atoms. The Kier molecular flexibility index (Phi) is 6.45. The highest BCUT2D eigenvalue weighted by Crippen LogP contribution is 2.44. The number of aromatic nitrogens is 2. The normalized spacial score (nSPS) is 15.1. The number of hydrogen-bond donors (Lipinski definition) is 2. The molecule has 0 aliphatic heterocycles. The van der Waals surface area contributed by atoms with Crippen molar-refractivity contribution < 1.29 is 14.0 Å². The van der Waals surface area contributed by atoms with Gasteiger partial charge in [0.05, 0.1) is 11.2 Å². The van der Waals surface area contributed by atoms with E-state index in [0.29, 0.717) is 15.2 Å². The van der Waals surface area contributed by atoms with Crippen LogP contribution in [0.1, 0.15) is 30.6 Å². The summed E-state index contributed by atoms with van der Waals surface area (Å²) in [6.45, 7) is 0. The van der Waals surface area contributed by atoms with Crippen molar-refractivity contribution in [3.63, 3.8) is 0 Å². The number of thioether (sulfide) groups is 1. The summed E-state index contributed by atoms with van der Waals surface area (Å²) in [6, 6.07) is 9.72. The van der Waals surface area contributed by atoms with E-state index in [1.165, 1.54) is 41.3 Å². The molecule has 1 saturated carbocycles. The molecule has 4 rings (SSSR count). The van der Waals surface area contributed by atoms with Gasteiger partial charge in [-0.05, 0) is 42.5 Å². The fourth-order valence-electron chi connectivity index (χ4n) is 3.54. The van der Waals surface area contributed by atoms with Crippen LogP contribution >= 0.6 is 34.4 Å². The molecule has 2 amide bonds. The lowest BCUT2D eigenvalue weighted by Crippen LogP contribution is -2.37. The van der Waals surface area contributed by atoms with Crippen LogP contribution in [0.2, 0.25) is 0 Å². The molecule has 3 aromatic rings. The average Bonchev–Trinajstić information content (AvgIpc) is 3.48. The molecule has 0 saturated heterocycles. The summed E-state index contributed by atoms with van der Waals surface area (Å²) in [5.41, 5.74) is -0.0842. The van der Waals surface area contributed by atoms with Crippen LogP contribution in [0.5, 0.6) is 0 Å². The Morgan fingerprint density at radius 3 is 2.70 bits per heavy atom. The third-order valence-corrected chi connectivity index (χ3v) is 7.99. The minimum absolute atomic E-state index is 0.0426. The molecule has 1 aromatic carbocycles. The zero-order chi connectivity index (χ0) is 21.0. The van der Waals surface area contributed by atoms with Crippen molar-refractivity contribution in [2.45, 2.75) is 35.4 Å². The fraction of sp³-hybridized carbons (Fsp3) is 0.300. The van der Waals surface area contributed by atoms with Gasteiger partial charge in [0, 0.05) is 10.6 Å². The number of benzene rings is 1. The second-order valence-corrected chi connectivity index (χ2v) is 10.1. The zero-order valence-corrected chi connectivity index (χ0v) is 18.3. The van der Waals surface area contributed by atoms with E-state index in [4.69, 9.17) is 0 Å². The largest absolute Gasteiger partial charge is 0.325 e. The van der Waals surface area contributed by atoms with Gasteiger partial charge in [-0.25, -0.2) is 4.39 Å². The Morgan fingerprint density at radius 1 is 1.13 bits per heavy atom. The summed E-state index contributed by atoms with van der Waals surface area (Å²) in [7, 11) is 0. The number of hydrogen-bond acceptors (Lipinski definition) is 7. The minimum atomic E-state index is -0.488.